The van der Waals surface area contributed by atoms with Crippen LogP contribution in [-0.4, -0.2) is 5.25 Å². The number of aryl methyl sites for hydroxylation is 1. The summed E-state index contributed by atoms with van der Waals surface area (Å²) in [7, 11) is 0. The Morgan fingerprint density at radius 2 is 2.21 bits per heavy atom. The zero-order chi connectivity index (χ0) is 9.00. The predicted molar refractivity (Wildman–Crippen MR) is 59.9 cm³/mol. The van der Waals surface area contributed by atoms with E-state index in [1.165, 1.54) is 25.8 Å². The van der Waals surface area contributed by atoms with Gasteiger partial charge in [0.15, 0.2) is 0 Å². The molecule has 14 heavy (non-hydrogen) atoms. The minimum Gasteiger partial charge on any atom is -0.170 e. The molecule has 0 spiro atoms. The summed E-state index contributed by atoms with van der Waals surface area (Å²) < 4.78 is 0. The first-order valence-corrected chi connectivity index (χ1v) is 6.07. The van der Waals surface area contributed by atoms with Crippen molar-refractivity contribution in [1.29, 1.82) is 0 Å². The Hall–Kier alpha value is 0.127. The Balaban J connectivity index is 0.000000750. The monoisotopic (exact) mass is 212 g/mol. The summed E-state index contributed by atoms with van der Waals surface area (Å²) in [6.45, 7) is 4.40. The largest absolute Gasteiger partial charge is 1.00 e. The number of allylic oxidation sites excluding steroid dienone is 1. The quantitative estimate of drug-likeness (QED) is 0.449. The number of rotatable bonds is 0. The first kappa shape index (κ1) is 10.6. The van der Waals surface area contributed by atoms with Gasteiger partial charge in [0.25, 0.3) is 0 Å². The Labute approximate surface area is 105 Å². The summed E-state index contributed by atoms with van der Waals surface area (Å²) in [4.78, 5) is 4.08. The zero-order valence-corrected chi connectivity index (χ0v) is 10.2. The van der Waals surface area contributed by atoms with Crippen LogP contribution in [0.2, 0.25) is 0 Å². The number of thioether (sulfide) groups is 1. The fourth-order valence-electron chi connectivity index (χ4n) is 1.81. The molecule has 2 heterocycles. The first-order valence-electron chi connectivity index (χ1n) is 4.37. The van der Waals surface area contributed by atoms with Crippen LogP contribution in [0, 0.1) is 13.0 Å². The molecule has 0 amide bonds. The molecule has 0 radical (unpaired) electrons. The van der Waals surface area contributed by atoms with E-state index in [2.05, 4.69) is 32.1 Å². The third-order valence-corrected chi connectivity index (χ3v) is 4.35. The van der Waals surface area contributed by atoms with E-state index in [1.54, 1.807) is 0 Å². The topological polar surface area (TPSA) is 0 Å². The third-order valence-electron chi connectivity index (χ3n) is 2.32. The first-order chi connectivity index (χ1) is 6.24. The third kappa shape index (κ3) is 1.45. The molecule has 0 N–H and O–H groups in total. The van der Waals surface area contributed by atoms with Crippen molar-refractivity contribution < 1.29 is 18.9 Å². The molecule has 1 aromatic heterocycles. The van der Waals surface area contributed by atoms with Gasteiger partial charge in [0.2, 0.25) is 0 Å². The van der Waals surface area contributed by atoms with E-state index in [1.807, 2.05) is 23.1 Å². The Kier molecular flexibility index (Phi) is 2.74. The molecule has 0 bridgehead atoms. The van der Waals surface area contributed by atoms with Crippen LogP contribution >= 0.6 is 23.1 Å². The van der Waals surface area contributed by atoms with E-state index < -0.39 is 0 Å². The molecule has 3 heteroatoms. The average Bonchev–Trinajstić information content (AvgIpc) is 2.60. The van der Waals surface area contributed by atoms with E-state index in [4.69, 9.17) is 0 Å². The van der Waals surface area contributed by atoms with Gasteiger partial charge in [-0.2, -0.15) is 28.5 Å². The van der Waals surface area contributed by atoms with Crippen molar-refractivity contribution >= 4 is 28.7 Å². The summed E-state index contributed by atoms with van der Waals surface area (Å²) in [5, 5.41) is 0.630. The second kappa shape index (κ2) is 3.61. The van der Waals surface area contributed by atoms with Gasteiger partial charge in [0, 0.05) is 5.25 Å². The minimum atomic E-state index is 0. The fourth-order valence-corrected chi connectivity index (χ4v) is 3.85. The zero-order valence-electron chi connectivity index (χ0n) is 8.55. The summed E-state index contributed by atoms with van der Waals surface area (Å²) in [6, 6.07) is 2.28. The molecule has 1 unspecified atom stereocenters. The Morgan fingerprint density at radius 1 is 1.43 bits per heavy atom. The van der Waals surface area contributed by atoms with Crippen LogP contribution in [0.25, 0.3) is 5.57 Å². The molecule has 3 rings (SSSR count). The normalized spacial score (nSPS) is 22.3. The second-order valence-corrected chi connectivity index (χ2v) is 6.10. The predicted octanol–water partition coefficient (Wildman–Crippen LogP) is 0.628. The van der Waals surface area contributed by atoms with Crippen LogP contribution in [0.5, 0.6) is 0 Å². The SMILES string of the molecule is Cc1cc2c(s1)[C-]=C1SC(C)C=C12.[Li+]. The van der Waals surface area contributed by atoms with Gasteiger partial charge in [-0.15, -0.1) is 28.8 Å². The smallest absolute Gasteiger partial charge is 0.170 e. The summed E-state index contributed by atoms with van der Waals surface area (Å²) in [6.07, 6.45) is 5.83. The standard InChI is InChI=1S/C11H9S2.Li/c1-6-3-8-9-4-7(2)13-11(9)5-10(8)12-6;/h3-4,6H,1-2H3;/q-1;+1. The van der Waals surface area contributed by atoms with E-state index in [-0.39, 0.29) is 18.9 Å². The molecular formula is C11H9LiS2. The molecule has 2 aliphatic rings. The molecule has 0 saturated carbocycles. The molecule has 0 fully saturated rings. The molecule has 0 saturated heterocycles. The molecule has 1 aromatic rings. The second-order valence-electron chi connectivity index (χ2n) is 3.46. The van der Waals surface area contributed by atoms with Gasteiger partial charge in [0.1, 0.15) is 0 Å². The van der Waals surface area contributed by atoms with E-state index >= 15 is 0 Å². The van der Waals surface area contributed by atoms with Gasteiger partial charge < -0.3 is 0 Å². The van der Waals surface area contributed by atoms with Crippen LogP contribution in [0.1, 0.15) is 22.2 Å². The van der Waals surface area contributed by atoms with Crippen molar-refractivity contribution in [1.82, 2.24) is 0 Å². The van der Waals surface area contributed by atoms with Gasteiger partial charge in [-0.25, -0.2) is 0 Å². The van der Waals surface area contributed by atoms with Crippen molar-refractivity contribution in [2.75, 3.05) is 0 Å². The molecule has 0 nitrogen and oxygen atoms in total. The van der Waals surface area contributed by atoms with Crippen molar-refractivity contribution in [2.24, 2.45) is 0 Å². The number of hydrogen-bond acceptors (Lipinski definition) is 2. The van der Waals surface area contributed by atoms with E-state index in [0.717, 1.165) is 0 Å². The van der Waals surface area contributed by atoms with Gasteiger partial charge in [-0.05, 0) is 11.8 Å². The Bertz CT molecular complexity index is 440. The fraction of sp³-hybridized carbons (Fsp3) is 0.273. The number of hydrogen-bond donors (Lipinski definition) is 0. The van der Waals surface area contributed by atoms with Crippen LogP contribution in [-0.2, 0) is 0 Å². The van der Waals surface area contributed by atoms with Gasteiger partial charge in [-0.1, -0.05) is 11.8 Å². The molecule has 1 aliphatic carbocycles. The van der Waals surface area contributed by atoms with Crippen LogP contribution in [0.15, 0.2) is 17.0 Å². The number of thiophene rings is 1. The van der Waals surface area contributed by atoms with Crippen molar-refractivity contribution in [3.8, 4) is 0 Å². The van der Waals surface area contributed by atoms with Crippen LogP contribution in [0.3, 0.4) is 0 Å². The molecule has 66 valence electrons. The van der Waals surface area contributed by atoms with Gasteiger partial charge in [0.05, 0.1) is 0 Å². The maximum absolute atomic E-state index is 3.48. The van der Waals surface area contributed by atoms with Crippen LogP contribution < -0.4 is 18.9 Å². The van der Waals surface area contributed by atoms with Gasteiger partial charge >= 0.3 is 18.9 Å². The van der Waals surface area contributed by atoms with Crippen molar-refractivity contribution in [3.05, 3.63) is 38.4 Å². The molecule has 1 aliphatic heterocycles. The van der Waals surface area contributed by atoms with E-state index in [9.17, 15) is 0 Å². The van der Waals surface area contributed by atoms with Gasteiger partial charge in [-0.3, -0.25) is 0 Å². The van der Waals surface area contributed by atoms with Crippen molar-refractivity contribution in [2.45, 2.75) is 19.1 Å². The summed E-state index contributed by atoms with van der Waals surface area (Å²) in [5.41, 5.74) is 2.84. The summed E-state index contributed by atoms with van der Waals surface area (Å²) in [5.74, 6) is 0. The average molecular weight is 212 g/mol. The molecular weight excluding hydrogens is 203 g/mol. The summed E-state index contributed by atoms with van der Waals surface area (Å²) >= 11 is 3.77. The van der Waals surface area contributed by atoms with Crippen LogP contribution in [0.4, 0.5) is 0 Å². The van der Waals surface area contributed by atoms with Crippen molar-refractivity contribution in [3.63, 3.8) is 0 Å². The Morgan fingerprint density at radius 3 is 3.00 bits per heavy atom. The molecule has 0 aromatic carbocycles. The maximum Gasteiger partial charge on any atom is 1.00 e. The minimum absolute atomic E-state index is 0. The number of fused-ring (bicyclic) bond motifs is 3. The maximum atomic E-state index is 3.48. The molecule has 1 atom stereocenters. The van der Waals surface area contributed by atoms with E-state index in [0.29, 0.717) is 5.25 Å².